The van der Waals surface area contributed by atoms with E-state index < -0.39 is 0 Å². The minimum Gasteiger partial charge on any atom is -0.361 e. The molecule has 0 bridgehead atoms. The summed E-state index contributed by atoms with van der Waals surface area (Å²) >= 11 is 0. The van der Waals surface area contributed by atoms with Crippen molar-refractivity contribution in [3.63, 3.8) is 0 Å². The zero-order valence-electron chi connectivity index (χ0n) is 13.7. The number of nitrogens with one attached hydrogen (secondary N) is 3. The smallest absolute Gasteiger partial charge is 0.244 e. The van der Waals surface area contributed by atoms with Gasteiger partial charge in [-0.1, -0.05) is 23.4 Å². The Hall–Kier alpha value is -3.42. The van der Waals surface area contributed by atoms with Crippen molar-refractivity contribution in [3.05, 3.63) is 54.0 Å². The number of H-pyrrole nitrogens is 1. The van der Waals surface area contributed by atoms with Crippen LogP contribution in [-0.2, 0) is 6.42 Å². The molecule has 8 heteroatoms. The van der Waals surface area contributed by atoms with Crippen LogP contribution >= 0.6 is 0 Å². The number of fused-ring (bicyclic) bond motifs is 1. The third kappa shape index (κ3) is 3.42. The number of aryl methyl sites for hydroxylation is 1. The Labute approximate surface area is 143 Å². The van der Waals surface area contributed by atoms with Crippen molar-refractivity contribution in [2.75, 3.05) is 17.2 Å². The number of rotatable bonds is 6. The molecule has 4 rings (SSSR count). The summed E-state index contributed by atoms with van der Waals surface area (Å²) in [5, 5.41) is 19.3. The fraction of sp³-hybridized carbons (Fsp3) is 0.176. The van der Waals surface area contributed by atoms with Gasteiger partial charge >= 0.3 is 0 Å². The summed E-state index contributed by atoms with van der Waals surface area (Å²) in [5.74, 6) is 2.33. The van der Waals surface area contributed by atoms with Gasteiger partial charge in [0.25, 0.3) is 0 Å². The fourth-order valence-corrected chi connectivity index (χ4v) is 2.64. The molecule has 0 atom stereocenters. The predicted octanol–water partition coefficient (Wildman–Crippen LogP) is 3.05. The number of hydrogen-bond donors (Lipinski definition) is 3. The first-order valence-corrected chi connectivity index (χ1v) is 7.97. The molecule has 0 fully saturated rings. The zero-order valence-corrected chi connectivity index (χ0v) is 13.7. The van der Waals surface area contributed by atoms with E-state index in [4.69, 9.17) is 4.52 Å². The Morgan fingerprint density at radius 2 is 2.12 bits per heavy atom. The fourth-order valence-electron chi connectivity index (χ4n) is 2.64. The van der Waals surface area contributed by atoms with Gasteiger partial charge in [0, 0.05) is 29.7 Å². The Morgan fingerprint density at radius 1 is 1.20 bits per heavy atom. The largest absolute Gasteiger partial charge is 0.361 e. The molecule has 126 valence electrons. The number of aromatic amines is 1. The SMILES string of the molecule is Cc1cc(Nc2cnnc(NCCc3c[nH]c4ccccc34)n2)no1. The monoisotopic (exact) mass is 335 g/mol. The zero-order chi connectivity index (χ0) is 17.1. The molecule has 0 saturated heterocycles. The van der Waals surface area contributed by atoms with Gasteiger partial charge in [0.2, 0.25) is 5.95 Å². The van der Waals surface area contributed by atoms with Crippen molar-refractivity contribution < 1.29 is 4.52 Å². The van der Waals surface area contributed by atoms with E-state index in [1.165, 1.54) is 17.1 Å². The van der Waals surface area contributed by atoms with Crippen molar-refractivity contribution in [2.45, 2.75) is 13.3 Å². The highest BCUT2D eigenvalue weighted by Crippen LogP contribution is 2.18. The topological polar surface area (TPSA) is 105 Å². The molecule has 25 heavy (non-hydrogen) atoms. The lowest BCUT2D eigenvalue weighted by atomic mass is 10.1. The Kier molecular flexibility index (Phi) is 3.99. The number of benzene rings is 1. The van der Waals surface area contributed by atoms with Crippen LogP contribution in [0, 0.1) is 6.92 Å². The third-order valence-electron chi connectivity index (χ3n) is 3.80. The number of anilines is 3. The quantitative estimate of drug-likeness (QED) is 0.497. The molecule has 0 aliphatic heterocycles. The second kappa shape index (κ2) is 6.60. The van der Waals surface area contributed by atoms with Crippen molar-refractivity contribution in [3.8, 4) is 0 Å². The van der Waals surface area contributed by atoms with E-state index in [0.29, 0.717) is 24.1 Å². The van der Waals surface area contributed by atoms with Gasteiger partial charge in [0.05, 0.1) is 6.20 Å². The molecule has 0 aliphatic rings. The van der Waals surface area contributed by atoms with Crippen LogP contribution in [0.1, 0.15) is 11.3 Å². The summed E-state index contributed by atoms with van der Waals surface area (Å²) in [6.07, 6.45) is 4.43. The van der Waals surface area contributed by atoms with Crippen LogP contribution in [0.4, 0.5) is 17.6 Å². The Morgan fingerprint density at radius 3 is 3.00 bits per heavy atom. The summed E-state index contributed by atoms with van der Waals surface area (Å²) in [4.78, 5) is 7.65. The van der Waals surface area contributed by atoms with Crippen LogP contribution in [-0.4, -0.2) is 31.9 Å². The van der Waals surface area contributed by atoms with Crippen LogP contribution in [0.3, 0.4) is 0 Å². The third-order valence-corrected chi connectivity index (χ3v) is 3.80. The molecule has 4 aromatic rings. The molecule has 1 aromatic carbocycles. The van der Waals surface area contributed by atoms with E-state index in [0.717, 1.165) is 17.7 Å². The molecular formula is C17H17N7O. The van der Waals surface area contributed by atoms with E-state index in [-0.39, 0.29) is 0 Å². The molecule has 3 N–H and O–H groups in total. The Bertz CT molecular complexity index is 991. The van der Waals surface area contributed by atoms with Crippen molar-refractivity contribution in [2.24, 2.45) is 0 Å². The molecule has 0 unspecified atom stereocenters. The first kappa shape index (κ1) is 15.1. The van der Waals surface area contributed by atoms with Gasteiger partial charge in [0.1, 0.15) is 5.76 Å². The van der Waals surface area contributed by atoms with Crippen molar-refractivity contribution in [1.82, 2.24) is 25.3 Å². The maximum Gasteiger partial charge on any atom is 0.244 e. The molecule has 0 amide bonds. The first-order valence-electron chi connectivity index (χ1n) is 7.97. The molecule has 0 spiro atoms. The van der Waals surface area contributed by atoms with Gasteiger partial charge in [-0.25, -0.2) is 0 Å². The maximum absolute atomic E-state index is 5.01. The van der Waals surface area contributed by atoms with Crippen molar-refractivity contribution in [1.29, 1.82) is 0 Å². The number of aromatic nitrogens is 5. The van der Waals surface area contributed by atoms with E-state index in [2.05, 4.69) is 48.1 Å². The minimum atomic E-state index is 0.463. The minimum absolute atomic E-state index is 0.463. The maximum atomic E-state index is 5.01. The van der Waals surface area contributed by atoms with Crippen LogP contribution in [0.15, 0.2) is 47.2 Å². The van der Waals surface area contributed by atoms with Crippen LogP contribution in [0.25, 0.3) is 10.9 Å². The summed E-state index contributed by atoms with van der Waals surface area (Å²) in [5.41, 5.74) is 2.40. The lowest BCUT2D eigenvalue weighted by Crippen LogP contribution is -2.09. The number of nitrogens with zero attached hydrogens (tertiary/aromatic N) is 4. The number of para-hydroxylation sites is 1. The van der Waals surface area contributed by atoms with E-state index in [1.54, 1.807) is 6.07 Å². The van der Waals surface area contributed by atoms with Gasteiger partial charge < -0.3 is 20.1 Å². The van der Waals surface area contributed by atoms with Crippen LogP contribution in [0.5, 0.6) is 0 Å². The normalized spacial score (nSPS) is 10.9. The molecule has 0 aliphatic carbocycles. The second-order valence-corrected chi connectivity index (χ2v) is 5.65. The van der Waals surface area contributed by atoms with Crippen LogP contribution in [0.2, 0.25) is 0 Å². The van der Waals surface area contributed by atoms with Gasteiger partial charge in [-0.05, 0) is 25.0 Å². The van der Waals surface area contributed by atoms with E-state index in [1.807, 2.05) is 25.3 Å². The van der Waals surface area contributed by atoms with E-state index in [9.17, 15) is 0 Å². The summed E-state index contributed by atoms with van der Waals surface area (Å²) in [6.45, 7) is 2.53. The number of hydrogen-bond acceptors (Lipinski definition) is 7. The second-order valence-electron chi connectivity index (χ2n) is 5.65. The highest BCUT2D eigenvalue weighted by Gasteiger charge is 2.06. The molecule has 3 aromatic heterocycles. The predicted molar refractivity (Wildman–Crippen MR) is 94.8 cm³/mol. The van der Waals surface area contributed by atoms with Gasteiger partial charge in [-0.15, -0.1) is 5.10 Å². The highest BCUT2D eigenvalue weighted by atomic mass is 16.5. The molecule has 8 nitrogen and oxygen atoms in total. The lowest BCUT2D eigenvalue weighted by molar-refractivity contribution is 0.400. The van der Waals surface area contributed by atoms with Gasteiger partial charge in [-0.2, -0.15) is 10.1 Å². The molecular weight excluding hydrogens is 318 g/mol. The molecule has 0 radical (unpaired) electrons. The summed E-state index contributed by atoms with van der Waals surface area (Å²) < 4.78 is 5.01. The van der Waals surface area contributed by atoms with Crippen LogP contribution < -0.4 is 10.6 Å². The summed E-state index contributed by atoms with van der Waals surface area (Å²) in [6, 6.07) is 10.0. The van der Waals surface area contributed by atoms with E-state index >= 15 is 0 Å². The average Bonchev–Trinajstić information content (AvgIpc) is 3.22. The van der Waals surface area contributed by atoms with Gasteiger partial charge in [-0.3, -0.25) is 0 Å². The Balaban J connectivity index is 1.39. The van der Waals surface area contributed by atoms with Crippen molar-refractivity contribution >= 4 is 28.5 Å². The average molecular weight is 335 g/mol. The summed E-state index contributed by atoms with van der Waals surface area (Å²) in [7, 11) is 0. The molecule has 0 saturated carbocycles. The lowest BCUT2D eigenvalue weighted by Gasteiger charge is -2.05. The molecule has 3 heterocycles. The van der Waals surface area contributed by atoms with Gasteiger partial charge in [0.15, 0.2) is 11.6 Å². The first-order chi connectivity index (χ1) is 12.3. The highest BCUT2D eigenvalue weighted by molar-refractivity contribution is 5.83. The standard InChI is InChI=1S/C17H17N7O/c1-11-8-15(24-25-11)21-16-10-20-23-17(22-16)18-7-6-12-9-19-14-5-3-2-4-13(12)14/h2-5,8-10,19H,6-7H2,1H3,(H2,18,21,22,23,24).